The van der Waals surface area contributed by atoms with Crippen molar-refractivity contribution in [1.29, 1.82) is 0 Å². The first-order valence-corrected chi connectivity index (χ1v) is 17.0. The van der Waals surface area contributed by atoms with Crippen molar-refractivity contribution in [2.24, 2.45) is 0 Å². The fraction of sp³-hybridized carbons (Fsp3) is 0.286. The van der Waals surface area contributed by atoms with Gasteiger partial charge in [0.1, 0.15) is 0 Å². The molecule has 250 valence electrons. The van der Waals surface area contributed by atoms with Crippen LogP contribution in [-0.4, -0.2) is 12.5 Å². The van der Waals surface area contributed by atoms with E-state index in [9.17, 15) is 9.59 Å². The van der Waals surface area contributed by atoms with Gasteiger partial charge in [0.05, 0.1) is 12.9 Å². The summed E-state index contributed by atoms with van der Waals surface area (Å²) >= 11 is 0. The van der Waals surface area contributed by atoms with E-state index >= 15 is 0 Å². The van der Waals surface area contributed by atoms with Crippen LogP contribution < -0.4 is 15.7 Å². The van der Waals surface area contributed by atoms with Gasteiger partial charge in [0.15, 0.2) is 11.2 Å². The lowest BCUT2D eigenvalue weighted by atomic mass is 10.1. The number of hydrogen-bond acceptors (Lipinski definition) is 5. The number of ether oxygens (including phenoxy) is 1. The topological polar surface area (TPSA) is 81.7 Å². The van der Waals surface area contributed by atoms with Crippen LogP contribution in [0, 0.1) is 0 Å². The molecule has 0 spiro atoms. The molecule has 6 heteroatoms. The van der Waals surface area contributed by atoms with E-state index in [4.69, 9.17) is 13.6 Å². The molecule has 0 fully saturated rings. The molecule has 0 unspecified atom stereocenters. The van der Waals surface area contributed by atoms with Crippen LogP contribution in [0.1, 0.15) is 70.3 Å². The minimum atomic E-state index is -0.431. The van der Waals surface area contributed by atoms with Gasteiger partial charge in [-0.15, -0.1) is 0 Å². The summed E-state index contributed by atoms with van der Waals surface area (Å²) in [5.41, 5.74) is 2.46. The second-order valence-electron chi connectivity index (χ2n) is 11.4. The molecule has 0 saturated heterocycles. The van der Waals surface area contributed by atoms with Crippen LogP contribution in [0.15, 0.2) is 141 Å². The molecule has 0 bridgehead atoms. The Balaban J connectivity index is 1.06. The molecule has 1 amide bonds. The lowest BCUT2D eigenvalue weighted by Gasteiger charge is -2.09. The minimum absolute atomic E-state index is 0.00154. The number of hydrogen-bond donors (Lipinski definition) is 1. The summed E-state index contributed by atoms with van der Waals surface area (Å²) in [7, 11) is 0. The number of benzene rings is 2. The Morgan fingerprint density at radius 3 is 1.98 bits per heavy atom. The summed E-state index contributed by atoms with van der Waals surface area (Å²) in [5.74, 6) is 0.453. The molecule has 2 heterocycles. The quantitative estimate of drug-likeness (QED) is 0.0587. The van der Waals surface area contributed by atoms with Gasteiger partial charge in [-0.25, -0.2) is 4.79 Å². The molecule has 0 aliphatic carbocycles. The largest absolute Gasteiger partial charge is 0.486 e. The number of furan rings is 1. The van der Waals surface area contributed by atoms with Gasteiger partial charge in [0.2, 0.25) is 11.7 Å². The Bertz CT molecular complexity index is 1800. The summed E-state index contributed by atoms with van der Waals surface area (Å²) in [6.45, 7) is 2.58. The summed E-state index contributed by atoms with van der Waals surface area (Å²) in [6.07, 6.45) is 36.3. The monoisotopic (exact) mass is 645 g/mol. The minimum Gasteiger partial charge on any atom is -0.486 e. The number of anilines is 1. The van der Waals surface area contributed by atoms with E-state index in [1.54, 1.807) is 12.3 Å². The Hall–Kier alpha value is -5.10. The van der Waals surface area contributed by atoms with Gasteiger partial charge in [-0.1, -0.05) is 92.0 Å². The van der Waals surface area contributed by atoms with E-state index in [2.05, 4.69) is 85.2 Å². The maximum atomic E-state index is 12.4. The van der Waals surface area contributed by atoms with Crippen molar-refractivity contribution < 1.29 is 18.4 Å². The molecule has 0 atom stereocenters. The van der Waals surface area contributed by atoms with Crippen LogP contribution in [-0.2, 0) is 11.2 Å². The van der Waals surface area contributed by atoms with E-state index in [1.807, 2.05) is 36.4 Å². The lowest BCUT2D eigenvalue weighted by Crippen LogP contribution is -2.10. The molecule has 2 aromatic carbocycles. The van der Waals surface area contributed by atoms with Gasteiger partial charge in [0.25, 0.3) is 0 Å². The van der Waals surface area contributed by atoms with E-state index in [1.165, 1.54) is 6.07 Å². The van der Waals surface area contributed by atoms with Crippen LogP contribution >= 0.6 is 0 Å². The highest BCUT2D eigenvalue weighted by atomic mass is 16.5. The van der Waals surface area contributed by atoms with Gasteiger partial charge in [-0.2, -0.15) is 0 Å². The zero-order chi connectivity index (χ0) is 33.7. The Kier molecular flexibility index (Phi) is 15.6. The van der Waals surface area contributed by atoms with Crippen LogP contribution in [0.2, 0.25) is 0 Å². The smallest absolute Gasteiger partial charge is 0.336 e. The third-order valence-electron chi connectivity index (χ3n) is 7.51. The zero-order valence-corrected chi connectivity index (χ0v) is 27.9. The third kappa shape index (κ3) is 12.6. The highest BCUT2D eigenvalue weighted by Gasteiger charge is 2.14. The number of fused-ring (bicyclic) bond motifs is 2. The Morgan fingerprint density at radius 2 is 1.33 bits per heavy atom. The number of nitrogens with one attached hydrogen (secondary N) is 1. The number of amides is 1. The maximum absolute atomic E-state index is 12.4. The summed E-state index contributed by atoms with van der Waals surface area (Å²) in [4.78, 5) is 24.2. The average Bonchev–Trinajstić information content (AvgIpc) is 3.56. The fourth-order valence-corrected chi connectivity index (χ4v) is 5.02. The van der Waals surface area contributed by atoms with Gasteiger partial charge >= 0.3 is 5.63 Å². The summed E-state index contributed by atoms with van der Waals surface area (Å²) in [6, 6.07) is 14.8. The van der Waals surface area contributed by atoms with Crippen LogP contribution in [0.3, 0.4) is 0 Å². The second-order valence-corrected chi connectivity index (χ2v) is 11.4. The Labute approximate surface area is 283 Å². The first-order chi connectivity index (χ1) is 23.6. The molecular weight excluding hydrogens is 598 g/mol. The predicted molar refractivity (Wildman–Crippen MR) is 199 cm³/mol. The second kappa shape index (κ2) is 20.9. The highest BCUT2D eigenvalue weighted by Crippen LogP contribution is 2.35. The van der Waals surface area contributed by atoms with E-state index in [-0.39, 0.29) is 5.91 Å². The molecule has 1 N–H and O–H groups in total. The van der Waals surface area contributed by atoms with Crippen LogP contribution in [0.5, 0.6) is 5.75 Å². The number of rotatable bonds is 20. The molecule has 0 aliphatic heterocycles. The number of aryl methyl sites for hydroxylation is 1. The van der Waals surface area contributed by atoms with Crippen molar-refractivity contribution in [1.82, 2.24) is 0 Å². The van der Waals surface area contributed by atoms with Crippen LogP contribution in [0.25, 0.3) is 21.9 Å². The number of carbonyl (C=O) groups excluding carboxylic acids is 1. The SMILES string of the molecule is CC/C=C\C/C=C\C/C=C\C/C=C\C/C=C\C/C=C\CCC(=O)Nc1ccc(CCCOc2c3occc3cc3ccc(=O)oc23)cc1. The van der Waals surface area contributed by atoms with Crippen molar-refractivity contribution in [2.45, 2.75) is 71.1 Å². The normalized spacial score (nSPS) is 12.4. The molecular formula is C42H47NO5. The molecule has 2 aromatic heterocycles. The van der Waals surface area contributed by atoms with Crippen molar-refractivity contribution in [3.05, 3.63) is 144 Å². The van der Waals surface area contributed by atoms with Crippen molar-refractivity contribution in [2.75, 3.05) is 11.9 Å². The summed E-state index contributed by atoms with van der Waals surface area (Å²) in [5, 5.41) is 4.65. The van der Waals surface area contributed by atoms with E-state index < -0.39 is 5.63 Å². The molecule has 4 rings (SSSR count). The maximum Gasteiger partial charge on any atom is 0.336 e. The van der Waals surface area contributed by atoms with Gasteiger partial charge in [-0.3, -0.25) is 4.79 Å². The average molecular weight is 646 g/mol. The van der Waals surface area contributed by atoms with Crippen molar-refractivity contribution in [3.63, 3.8) is 0 Å². The van der Waals surface area contributed by atoms with Gasteiger partial charge in [0, 0.05) is 28.9 Å². The van der Waals surface area contributed by atoms with Crippen molar-refractivity contribution in [3.8, 4) is 5.75 Å². The summed E-state index contributed by atoms with van der Waals surface area (Å²) < 4.78 is 17.1. The predicted octanol–water partition coefficient (Wildman–Crippen LogP) is 11.0. The molecule has 4 aromatic rings. The fourth-order valence-electron chi connectivity index (χ4n) is 5.02. The lowest BCUT2D eigenvalue weighted by molar-refractivity contribution is -0.116. The molecule has 48 heavy (non-hydrogen) atoms. The molecule has 0 saturated carbocycles. The zero-order valence-electron chi connectivity index (χ0n) is 27.9. The van der Waals surface area contributed by atoms with E-state index in [0.29, 0.717) is 36.4 Å². The third-order valence-corrected chi connectivity index (χ3v) is 7.51. The first-order valence-electron chi connectivity index (χ1n) is 17.0. The Morgan fingerprint density at radius 1 is 0.729 bits per heavy atom. The van der Waals surface area contributed by atoms with Gasteiger partial charge in [-0.05, 0) is 93.7 Å². The first kappa shape index (κ1) is 35.7. The number of carbonyl (C=O) groups is 1. The van der Waals surface area contributed by atoms with Gasteiger partial charge < -0.3 is 18.9 Å². The number of allylic oxidation sites excluding steroid dienone is 12. The van der Waals surface area contributed by atoms with Crippen LogP contribution in [0.4, 0.5) is 5.69 Å². The molecule has 6 nitrogen and oxygen atoms in total. The molecule has 0 radical (unpaired) electrons. The highest BCUT2D eigenvalue weighted by molar-refractivity contribution is 6.00. The van der Waals surface area contributed by atoms with Crippen molar-refractivity contribution >= 4 is 33.5 Å². The molecule has 0 aliphatic rings. The van der Waals surface area contributed by atoms with E-state index in [0.717, 1.165) is 73.4 Å². The standard InChI is InChI=1S/C42H47NO5/c1-2-3-4-5-6-7-8-9-10-11-12-13-14-15-16-17-18-19-20-23-38(44)43-37-27-24-34(25-28-37)22-21-31-46-42-40-36(30-32-47-40)33-35-26-29-39(45)48-41(35)42/h3-4,6-7,9-10,12-13,15-16,18-19,24-30,32-33H,2,5,8,11,14,17,20-23,31H2,1H3,(H,43,44)/b4-3-,7-6-,10-9-,13-12-,16-15-,19-18-.